The van der Waals surface area contributed by atoms with Crippen LogP contribution in [0.15, 0.2) is 12.2 Å². The van der Waals surface area contributed by atoms with Gasteiger partial charge in [0.25, 0.3) is 0 Å². The third kappa shape index (κ3) is 69.7. The Kier molecular flexibility index (Phi) is 72.8. The molecule has 0 bridgehead atoms. The number of esters is 1. The smallest absolute Gasteiger partial charge is 0.305 e. The second-order valence-electron chi connectivity index (χ2n) is 27.1. The summed E-state index contributed by atoms with van der Waals surface area (Å²) >= 11 is 0. The Morgan fingerprint density at radius 1 is 0.321 bits per heavy atom. The number of aliphatic hydroxyl groups is 2. The minimum atomic E-state index is -0.842. The lowest BCUT2D eigenvalue weighted by molar-refractivity contribution is -0.143. The number of carbonyl (C=O) groups is 2. The average Bonchev–Trinajstić information content (AvgIpc) is 3.53. The number of ether oxygens (including phenoxy) is 1. The minimum absolute atomic E-state index is 0.0245. The van der Waals surface area contributed by atoms with Crippen molar-refractivity contribution < 1.29 is 24.5 Å². The zero-order valence-electron chi connectivity index (χ0n) is 57.4. The quantitative estimate of drug-likeness (QED) is 0.0320. The van der Waals surface area contributed by atoms with Gasteiger partial charge in [0, 0.05) is 12.8 Å². The Hall–Kier alpha value is -1.40. The number of hydrogen-bond acceptors (Lipinski definition) is 5. The second kappa shape index (κ2) is 74.1. The van der Waals surface area contributed by atoms with E-state index in [4.69, 9.17) is 4.74 Å². The van der Waals surface area contributed by atoms with E-state index < -0.39 is 12.1 Å². The molecule has 500 valence electrons. The van der Waals surface area contributed by atoms with Gasteiger partial charge in [-0.2, -0.15) is 0 Å². The Bertz CT molecular complexity index is 1270. The molecule has 0 aromatic rings. The van der Waals surface area contributed by atoms with Gasteiger partial charge in [-0.05, 0) is 32.1 Å². The van der Waals surface area contributed by atoms with E-state index in [9.17, 15) is 19.8 Å². The van der Waals surface area contributed by atoms with Crippen LogP contribution in [0.3, 0.4) is 0 Å². The normalized spacial score (nSPS) is 12.5. The van der Waals surface area contributed by atoms with Gasteiger partial charge in [0.15, 0.2) is 0 Å². The predicted molar refractivity (Wildman–Crippen MR) is 370 cm³/mol. The summed E-state index contributed by atoms with van der Waals surface area (Å²) in [6.07, 6.45) is 93.3. The van der Waals surface area contributed by atoms with Gasteiger partial charge >= 0.3 is 5.97 Å². The highest BCUT2D eigenvalue weighted by atomic mass is 16.5. The lowest BCUT2D eigenvalue weighted by atomic mass is 10.0. The van der Waals surface area contributed by atoms with Gasteiger partial charge in [-0.25, -0.2) is 0 Å². The van der Waals surface area contributed by atoms with Crippen molar-refractivity contribution in [3.05, 3.63) is 12.2 Å². The van der Waals surface area contributed by atoms with Crippen LogP contribution in [0.1, 0.15) is 450 Å². The molecule has 0 spiro atoms. The summed E-state index contributed by atoms with van der Waals surface area (Å²) in [7, 11) is 0. The lowest BCUT2D eigenvalue weighted by Gasteiger charge is -2.20. The van der Waals surface area contributed by atoms with Crippen LogP contribution in [0.5, 0.6) is 0 Å². The van der Waals surface area contributed by atoms with E-state index in [1.165, 1.54) is 385 Å². The average molecular weight is 1190 g/mol. The molecule has 2 unspecified atom stereocenters. The molecule has 0 aromatic carbocycles. The van der Waals surface area contributed by atoms with Crippen LogP contribution in [0.2, 0.25) is 0 Å². The molecule has 0 aromatic heterocycles. The van der Waals surface area contributed by atoms with Crippen molar-refractivity contribution in [1.29, 1.82) is 0 Å². The molecule has 6 heteroatoms. The van der Waals surface area contributed by atoms with Crippen LogP contribution >= 0.6 is 0 Å². The molecule has 2 atom stereocenters. The van der Waals surface area contributed by atoms with Gasteiger partial charge < -0.3 is 20.3 Å². The van der Waals surface area contributed by atoms with Crippen molar-refractivity contribution in [3.63, 3.8) is 0 Å². The predicted octanol–water partition coefficient (Wildman–Crippen LogP) is 25.5. The molecule has 0 heterocycles. The highest BCUT2D eigenvalue weighted by Crippen LogP contribution is 2.20. The number of rotatable bonds is 74. The van der Waals surface area contributed by atoms with Crippen LogP contribution in [-0.4, -0.2) is 47.4 Å². The standard InChI is InChI=1S/C78H153NO5/c1-3-5-7-9-11-13-15-17-19-20-21-33-36-39-43-46-50-54-58-62-66-70-76(81)75(74-80)79-77(82)71-67-63-59-55-51-47-44-40-37-34-31-29-27-25-23-22-24-26-28-30-32-35-38-41-45-49-53-57-61-65-69-73-84-78(83)72-68-64-60-56-52-48-42-18-16-14-12-10-8-6-4-2/h66,70,75-76,80-81H,3-65,67-69,71-74H2,1-2H3,(H,79,82)/b70-66+. The summed E-state index contributed by atoms with van der Waals surface area (Å²) in [5.74, 6) is -0.0341. The van der Waals surface area contributed by atoms with E-state index in [2.05, 4.69) is 19.2 Å². The fraction of sp³-hybridized carbons (Fsp3) is 0.949. The molecule has 0 radical (unpaired) electrons. The van der Waals surface area contributed by atoms with Crippen molar-refractivity contribution >= 4 is 11.9 Å². The number of aliphatic hydroxyl groups excluding tert-OH is 2. The van der Waals surface area contributed by atoms with Crippen LogP contribution in [0, 0.1) is 0 Å². The monoisotopic (exact) mass is 1180 g/mol. The molecule has 0 aliphatic carbocycles. The summed E-state index contributed by atoms with van der Waals surface area (Å²) < 4.78 is 5.51. The number of nitrogens with one attached hydrogen (secondary N) is 1. The molecule has 0 saturated heterocycles. The number of carbonyl (C=O) groups excluding carboxylic acids is 2. The van der Waals surface area contributed by atoms with Crippen molar-refractivity contribution in [2.75, 3.05) is 13.2 Å². The lowest BCUT2D eigenvalue weighted by Crippen LogP contribution is -2.45. The minimum Gasteiger partial charge on any atom is -0.466 e. The third-order valence-electron chi connectivity index (χ3n) is 18.6. The van der Waals surface area contributed by atoms with E-state index in [0.29, 0.717) is 19.4 Å². The van der Waals surface area contributed by atoms with E-state index in [1.807, 2.05) is 6.08 Å². The van der Waals surface area contributed by atoms with Crippen molar-refractivity contribution in [2.24, 2.45) is 0 Å². The summed E-state index contributed by atoms with van der Waals surface area (Å²) in [6, 6.07) is -0.625. The largest absolute Gasteiger partial charge is 0.466 e. The second-order valence-corrected chi connectivity index (χ2v) is 27.1. The summed E-state index contributed by atoms with van der Waals surface area (Å²) in [6.45, 7) is 4.96. The fourth-order valence-corrected chi connectivity index (χ4v) is 12.6. The fourth-order valence-electron chi connectivity index (χ4n) is 12.6. The molecule has 0 fully saturated rings. The summed E-state index contributed by atoms with van der Waals surface area (Å²) in [4.78, 5) is 24.6. The summed E-state index contributed by atoms with van der Waals surface area (Å²) in [5, 5.41) is 23.3. The highest BCUT2D eigenvalue weighted by Gasteiger charge is 2.18. The van der Waals surface area contributed by atoms with E-state index >= 15 is 0 Å². The topological polar surface area (TPSA) is 95.9 Å². The van der Waals surface area contributed by atoms with E-state index in [-0.39, 0.29) is 18.5 Å². The first-order valence-electron chi connectivity index (χ1n) is 39.0. The Morgan fingerprint density at radius 3 is 0.810 bits per heavy atom. The number of amides is 1. The van der Waals surface area contributed by atoms with E-state index in [1.54, 1.807) is 6.08 Å². The molecule has 0 saturated carbocycles. The number of unbranched alkanes of at least 4 members (excludes halogenated alkanes) is 63. The van der Waals surface area contributed by atoms with Crippen molar-refractivity contribution in [2.45, 2.75) is 463 Å². The van der Waals surface area contributed by atoms with Crippen LogP contribution in [-0.2, 0) is 14.3 Å². The molecule has 0 rings (SSSR count). The zero-order chi connectivity index (χ0) is 60.6. The first-order chi connectivity index (χ1) is 41.5. The molecule has 0 aliphatic heterocycles. The number of hydrogen-bond donors (Lipinski definition) is 3. The van der Waals surface area contributed by atoms with Crippen molar-refractivity contribution in [3.8, 4) is 0 Å². The molecule has 84 heavy (non-hydrogen) atoms. The SMILES string of the molecule is CCCCCCCCCCCCCCCCCCCCC/C=C/C(O)C(CO)NC(=O)CCCCCCCCCCCCCCCCCCCCCCCCCCCCCCCCCOC(=O)CCCCCCCCCCCCCCCCC. The maximum Gasteiger partial charge on any atom is 0.305 e. The first-order valence-corrected chi connectivity index (χ1v) is 39.0. The van der Waals surface area contributed by atoms with Gasteiger partial charge in [-0.15, -0.1) is 0 Å². The zero-order valence-corrected chi connectivity index (χ0v) is 57.4. The maximum absolute atomic E-state index is 12.5. The van der Waals surface area contributed by atoms with E-state index in [0.717, 1.165) is 38.5 Å². The molecule has 1 amide bonds. The highest BCUT2D eigenvalue weighted by molar-refractivity contribution is 5.76. The molecule has 3 N–H and O–H groups in total. The van der Waals surface area contributed by atoms with Crippen LogP contribution < -0.4 is 5.32 Å². The van der Waals surface area contributed by atoms with Gasteiger partial charge in [0.2, 0.25) is 5.91 Å². The number of allylic oxidation sites excluding steroid dienone is 1. The first kappa shape index (κ1) is 82.6. The van der Waals surface area contributed by atoms with Gasteiger partial charge in [0.05, 0.1) is 25.4 Å². The van der Waals surface area contributed by atoms with Crippen molar-refractivity contribution in [1.82, 2.24) is 5.32 Å². The Morgan fingerprint density at radius 2 is 0.548 bits per heavy atom. The summed E-state index contributed by atoms with van der Waals surface area (Å²) in [5.41, 5.74) is 0. The maximum atomic E-state index is 12.5. The molecular weight excluding hydrogens is 1030 g/mol. The molecule has 6 nitrogen and oxygen atoms in total. The third-order valence-corrected chi connectivity index (χ3v) is 18.6. The Labute approximate surface area is 527 Å². The molecule has 0 aliphatic rings. The Balaban J connectivity index is 3.34. The van der Waals surface area contributed by atoms with Gasteiger partial charge in [-0.3, -0.25) is 9.59 Å². The van der Waals surface area contributed by atoms with Gasteiger partial charge in [-0.1, -0.05) is 418 Å². The van der Waals surface area contributed by atoms with Crippen LogP contribution in [0.25, 0.3) is 0 Å². The van der Waals surface area contributed by atoms with Crippen LogP contribution in [0.4, 0.5) is 0 Å². The van der Waals surface area contributed by atoms with Gasteiger partial charge in [0.1, 0.15) is 0 Å². The molecular formula is C78H153NO5.